The zero-order valence-electron chi connectivity index (χ0n) is 25.3. The summed E-state index contributed by atoms with van der Waals surface area (Å²) in [6.45, 7) is 1.60. The van der Waals surface area contributed by atoms with Gasteiger partial charge in [-0.15, -0.1) is 4.99 Å². The van der Waals surface area contributed by atoms with Gasteiger partial charge in [0.25, 0.3) is 0 Å². The summed E-state index contributed by atoms with van der Waals surface area (Å²) < 4.78 is 5.17. The smallest absolute Gasteiger partial charge is 0.326 e. The van der Waals surface area contributed by atoms with Crippen LogP contribution in [0.4, 0.5) is 11.4 Å². The standard InChI is InChI=1S/C33H34N6O7/c1-20(40)39-16-15-23-18-25(37-33(35-19-34)36-24-8-11-26(46-2)12-9-24)10-13-27(23)30(39)31(43)38-28(32(44)45)17-22-5-3-21(4-6-22)7-14-29(41)42/h3-6,8-13,18,28,30H,7,14-17H2,1-2H3,(H,38,43)(H,41,42)(H,44,45)(H2,35,36,37). The summed E-state index contributed by atoms with van der Waals surface area (Å²) in [6.07, 6.45) is 2.53. The SMILES string of the molecule is COc1ccc(NC(=NC#N)Nc2ccc3c(c2)CCN(C(C)=O)C3C(=O)NC(Cc2ccc(CCC(=O)O)cc2)C(=O)O)cc1. The third-order valence-corrected chi connectivity index (χ3v) is 7.51. The fourth-order valence-electron chi connectivity index (χ4n) is 5.19. The molecule has 46 heavy (non-hydrogen) atoms. The Hall–Kier alpha value is -5.90. The van der Waals surface area contributed by atoms with Crippen LogP contribution in [0.25, 0.3) is 0 Å². The number of methoxy groups -OCH3 is 1. The van der Waals surface area contributed by atoms with Crippen molar-refractivity contribution < 1.29 is 34.1 Å². The average Bonchev–Trinajstić information content (AvgIpc) is 3.03. The van der Waals surface area contributed by atoms with E-state index in [0.717, 1.165) is 11.1 Å². The maximum Gasteiger partial charge on any atom is 0.326 e. The summed E-state index contributed by atoms with van der Waals surface area (Å²) in [5.41, 5.74) is 4.02. The molecule has 2 amide bonds. The highest BCUT2D eigenvalue weighted by molar-refractivity contribution is 6.04. The van der Waals surface area contributed by atoms with Crippen LogP contribution in [-0.4, -0.2) is 64.5 Å². The number of nitriles is 1. The lowest BCUT2D eigenvalue weighted by atomic mass is 9.91. The van der Waals surface area contributed by atoms with Crippen LogP contribution in [0.15, 0.2) is 71.7 Å². The fraction of sp³-hybridized carbons (Fsp3) is 0.273. The number of fused-ring (bicyclic) bond motifs is 1. The quantitative estimate of drug-likeness (QED) is 0.120. The highest BCUT2D eigenvalue weighted by Crippen LogP contribution is 2.32. The van der Waals surface area contributed by atoms with Crippen molar-refractivity contribution in [3.63, 3.8) is 0 Å². The maximum atomic E-state index is 13.7. The number of carbonyl (C=O) groups is 4. The number of hydrogen-bond acceptors (Lipinski definition) is 7. The molecule has 5 N–H and O–H groups in total. The van der Waals surface area contributed by atoms with Crippen LogP contribution in [0, 0.1) is 11.5 Å². The van der Waals surface area contributed by atoms with Crippen molar-refractivity contribution >= 4 is 41.1 Å². The molecule has 2 atom stereocenters. The molecular formula is C33H34N6O7. The third-order valence-electron chi connectivity index (χ3n) is 7.51. The number of carboxylic acids is 2. The van der Waals surface area contributed by atoms with E-state index in [-0.39, 0.29) is 31.3 Å². The topological polar surface area (TPSA) is 193 Å². The summed E-state index contributed by atoms with van der Waals surface area (Å²) in [6, 6.07) is 16.8. The highest BCUT2D eigenvalue weighted by Gasteiger charge is 2.36. The van der Waals surface area contributed by atoms with Gasteiger partial charge >= 0.3 is 11.9 Å². The summed E-state index contributed by atoms with van der Waals surface area (Å²) >= 11 is 0. The lowest BCUT2D eigenvalue weighted by Crippen LogP contribution is -2.51. The highest BCUT2D eigenvalue weighted by atomic mass is 16.5. The van der Waals surface area contributed by atoms with Gasteiger partial charge in [-0.05, 0) is 71.5 Å². The Morgan fingerprint density at radius 1 is 1.00 bits per heavy atom. The van der Waals surface area contributed by atoms with E-state index in [9.17, 15) is 29.5 Å². The Balaban J connectivity index is 1.51. The number of amides is 2. The first-order valence-electron chi connectivity index (χ1n) is 14.5. The number of carboxylic acid groups (broad SMARTS) is 2. The Kier molecular flexibility index (Phi) is 10.9. The molecule has 0 saturated carbocycles. The Morgan fingerprint density at radius 2 is 1.65 bits per heavy atom. The Bertz CT molecular complexity index is 1670. The van der Waals surface area contributed by atoms with Crippen LogP contribution in [-0.2, 0) is 38.4 Å². The normalized spacial score (nSPS) is 14.7. The molecule has 0 spiro atoms. The lowest BCUT2D eigenvalue weighted by Gasteiger charge is -2.36. The lowest BCUT2D eigenvalue weighted by molar-refractivity contribution is -0.144. The molecule has 0 aromatic heterocycles. The van der Waals surface area contributed by atoms with Crippen molar-refractivity contribution in [1.29, 1.82) is 5.26 Å². The van der Waals surface area contributed by atoms with E-state index in [1.807, 2.05) is 0 Å². The number of hydrogen-bond donors (Lipinski definition) is 5. The van der Waals surface area contributed by atoms with Crippen molar-refractivity contribution in [3.8, 4) is 11.9 Å². The third kappa shape index (κ3) is 8.60. The van der Waals surface area contributed by atoms with Gasteiger partial charge in [-0.2, -0.15) is 5.26 Å². The molecule has 2 unspecified atom stereocenters. The number of anilines is 2. The summed E-state index contributed by atoms with van der Waals surface area (Å²) in [7, 11) is 1.56. The number of rotatable bonds is 11. The van der Waals surface area contributed by atoms with Crippen LogP contribution < -0.4 is 20.7 Å². The van der Waals surface area contributed by atoms with Gasteiger partial charge in [0.2, 0.25) is 24.0 Å². The predicted octanol–water partition coefficient (Wildman–Crippen LogP) is 3.33. The molecule has 0 saturated heterocycles. The number of aliphatic carboxylic acids is 2. The molecule has 3 aromatic rings. The van der Waals surface area contributed by atoms with Gasteiger partial charge < -0.3 is 35.8 Å². The van der Waals surface area contributed by atoms with Gasteiger partial charge in [0, 0.05) is 37.7 Å². The van der Waals surface area contributed by atoms with E-state index in [4.69, 9.17) is 9.84 Å². The molecule has 1 heterocycles. The molecule has 1 aliphatic rings. The zero-order chi connectivity index (χ0) is 33.2. The number of nitrogens with zero attached hydrogens (tertiary/aromatic N) is 3. The molecular weight excluding hydrogens is 592 g/mol. The van der Waals surface area contributed by atoms with Crippen LogP contribution in [0.2, 0.25) is 0 Å². The predicted molar refractivity (Wildman–Crippen MR) is 169 cm³/mol. The maximum absolute atomic E-state index is 13.7. The van der Waals surface area contributed by atoms with E-state index in [2.05, 4.69) is 20.9 Å². The molecule has 4 rings (SSSR count). The average molecular weight is 627 g/mol. The van der Waals surface area contributed by atoms with Gasteiger partial charge in [0.05, 0.1) is 7.11 Å². The molecule has 13 heteroatoms. The van der Waals surface area contributed by atoms with Gasteiger partial charge in [-0.3, -0.25) is 14.4 Å². The number of aliphatic imine (C=N–C) groups is 1. The Labute approximate surface area is 265 Å². The van der Waals surface area contributed by atoms with Crippen molar-refractivity contribution in [2.45, 2.75) is 44.7 Å². The minimum absolute atomic E-state index is 0.00894. The van der Waals surface area contributed by atoms with Crippen LogP contribution in [0.5, 0.6) is 5.75 Å². The molecule has 238 valence electrons. The first kappa shape index (κ1) is 33.0. The zero-order valence-corrected chi connectivity index (χ0v) is 25.3. The monoisotopic (exact) mass is 626 g/mol. The number of nitrogens with one attached hydrogen (secondary N) is 3. The fourth-order valence-corrected chi connectivity index (χ4v) is 5.19. The van der Waals surface area contributed by atoms with Crippen LogP contribution in [0.1, 0.15) is 41.6 Å². The van der Waals surface area contributed by atoms with Crippen LogP contribution in [0.3, 0.4) is 0 Å². The molecule has 0 fully saturated rings. The van der Waals surface area contributed by atoms with Crippen LogP contribution >= 0.6 is 0 Å². The Morgan fingerprint density at radius 3 is 2.26 bits per heavy atom. The second-order valence-corrected chi connectivity index (χ2v) is 10.6. The van der Waals surface area contributed by atoms with E-state index in [1.54, 1.807) is 80.0 Å². The largest absolute Gasteiger partial charge is 0.497 e. The first-order valence-corrected chi connectivity index (χ1v) is 14.5. The molecule has 1 aliphatic heterocycles. The van der Waals surface area contributed by atoms with Gasteiger partial charge in [-0.1, -0.05) is 30.3 Å². The summed E-state index contributed by atoms with van der Waals surface area (Å²) in [5, 5.41) is 36.8. The number of guanidine groups is 1. The van der Waals surface area contributed by atoms with E-state index in [0.29, 0.717) is 41.1 Å². The van der Waals surface area contributed by atoms with E-state index < -0.39 is 29.9 Å². The van der Waals surface area contributed by atoms with Gasteiger partial charge in [0.1, 0.15) is 17.8 Å². The molecule has 0 aliphatic carbocycles. The second kappa shape index (κ2) is 15.2. The van der Waals surface area contributed by atoms with Crippen molar-refractivity contribution in [3.05, 3.63) is 89.0 Å². The van der Waals surface area contributed by atoms with Crippen molar-refractivity contribution in [1.82, 2.24) is 10.2 Å². The van der Waals surface area contributed by atoms with Crippen molar-refractivity contribution in [2.75, 3.05) is 24.3 Å². The first-order chi connectivity index (χ1) is 22.1. The molecule has 3 aromatic carbocycles. The molecule has 0 radical (unpaired) electrons. The minimum atomic E-state index is -1.27. The van der Waals surface area contributed by atoms with Gasteiger partial charge in [-0.25, -0.2) is 4.79 Å². The number of ether oxygens (including phenoxy) is 1. The number of benzene rings is 3. The molecule has 0 bridgehead atoms. The second-order valence-electron chi connectivity index (χ2n) is 10.6. The summed E-state index contributed by atoms with van der Waals surface area (Å²) in [4.78, 5) is 54.5. The minimum Gasteiger partial charge on any atom is -0.497 e. The van der Waals surface area contributed by atoms with E-state index >= 15 is 0 Å². The van der Waals surface area contributed by atoms with Gasteiger partial charge in [0.15, 0.2) is 0 Å². The van der Waals surface area contributed by atoms with E-state index in [1.165, 1.54) is 11.8 Å². The number of carbonyl (C=O) groups excluding carboxylic acids is 2. The van der Waals surface area contributed by atoms with Crippen molar-refractivity contribution in [2.24, 2.45) is 4.99 Å². The summed E-state index contributed by atoms with van der Waals surface area (Å²) in [5.74, 6) is -2.26. The molecule has 13 nitrogen and oxygen atoms in total. The number of aryl methyl sites for hydroxylation is 1.